The predicted molar refractivity (Wildman–Crippen MR) is 168 cm³/mol. The molecule has 0 fully saturated rings. The average Bonchev–Trinajstić information content (AvgIpc) is 2.98. The zero-order chi connectivity index (χ0) is 32.0. The molecular formula is C32H59O10P. The van der Waals surface area contributed by atoms with Crippen molar-refractivity contribution in [2.24, 2.45) is 0 Å². The molecule has 0 saturated carbocycles. The lowest BCUT2D eigenvalue weighted by Gasteiger charge is -2.20. The second-order valence-electron chi connectivity index (χ2n) is 10.9. The maximum absolute atomic E-state index is 12.2. The van der Waals surface area contributed by atoms with E-state index < -0.39 is 51.8 Å². The molecule has 0 aliphatic carbocycles. The second-order valence-corrected chi connectivity index (χ2v) is 12.4. The summed E-state index contributed by atoms with van der Waals surface area (Å²) in [5.74, 6) is -1.12. The van der Waals surface area contributed by atoms with Crippen LogP contribution in [0.5, 0.6) is 0 Å². The van der Waals surface area contributed by atoms with Crippen LogP contribution in [-0.4, -0.2) is 65.7 Å². The summed E-state index contributed by atoms with van der Waals surface area (Å²) in [7, 11) is -4.57. The minimum Gasteiger partial charge on any atom is -0.462 e. The van der Waals surface area contributed by atoms with Gasteiger partial charge in [0.15, 0.2) is 6.10 Å². The molecule has 252 valence electrons. The number of hydrogen-bond acceptors (Lipinski definition) is 9. The van der Waals surface area contributed by atoms with Crippen molar-refractivity contribution < 1.29 is 47.8 Å². The van der Waals surface area contributed by atoms with Crippen LogP contribution in [0.2, 0.25) is 0 Å². The number of ether oxygens (including phenoxy) is 2. The number of esters is 2. The van der Waals surface area contributed by atoms with E-state index in [9.17, 15) is 24.2 Å². The van der Waals surface area contributed by atoms with Crippen LogP contribution in [0.15, 0.2) is 24.3 Å². The van der Waals surface area contributed by atoms with E-state index in [1.807, 2.05) is 0 Å². The fraction of sp³-hybridized carbons (Fsp3) is 0.812. The summed E-state index contributed by atoms with van der Waals surface area (Å²) >= 11 is 0. The van der Waals surface area contributed by atoms with E-state index in [1.54, 1.807) is 0 Å². The Morgan fingerprint density at radius 3 is 1.79 bits per heavy atom. The van der Waals surface area contributed by atoms with Crippen LogP contribution in [0.3, 0.4) is 0 Å². The summed E-state index contributed by atoms with van der Waals surface area (Å²) in [4.78, 5) is 33.0. The van der Waals surface area contributed by atoms with Gasteiger partial charge in [-0.25, -0.2) is 4.57 Å². The molecule has 3 atom stereocenters. The molecule has 3 unspecified atom stereocenters. The molecule has 0 amide bonds. The van der Waals surface area contributed by atoms with Crippen LogP contribution in [-0.2, 0) is 32.7 Å². The van der Waals surface area contributed by atoms with E-state index in [4.69, 9.17) is 19.1 Å². The first-order chi connectivity index (χ1) is 20.7. The monoisotopic (exact) mass is 634 g/mol. The zero-order valence-electron chi connectivity index (χ0n) is 26.7. The molecule has 0 aromatic rings. The predicted octanol–water partition coefficient (Wildman–Crippen LogP) is 7.10. The van der Waals surface area contributed by atoms with Crippen LogP contribution in [0.1, 0.15) is 129 Å². The minimum atomic E-state index is -4.57. The van der Waals surface area contributed by atoms with Gasteiger partial charge < -0.3 is 24.6 Å². The van der Waals surface area contributed by atoms with Gasteiger partial charge >= 0.3 is 19.8 Å². The van der Waals surface area contributed by atoms with Gasteiger partial charge in [-0.15, -0.1) is 0 Å². The molecule has 0 aliphatic rings. The van der Waals surface area contributed by atoms with E-state index in [-0.39, 0.29) is 13.0 Å². The minimum absolute atomic E-state index is 0.176. The molecule has 0 aromatic heterocycles. The topological polar surface area (TPSA) is 149 Å². The highest BCUT2D eigenvalue weighted by atomic mass is 31.2. The highest BCUT2D eigenvalue weighted by Gasteiger charge is 2.26. The summed E-state index contributed by atoms with van der Waals surface area (Å²) < 4.78 is 31.4. The Morgan fingerprint density at radius 2 is 1.26 bits per heavy atom. The number of carbonyl (C=O) groups is 2. The number of unbranched alkanes of at least 4 members (excludes halogenated alkanes) is 14. The second kappa shape index (κ2) is 29.2. The van der Waals surface area contributed by atoms with Crippen molar-refractivity contribution >= 4 is 19.8 Å². The maximum atomic E-state index is 12.2. The molecule has 0 rings (SSSR count). The molecule has 0 radical (unpaired) electrons. The highest BCUT2D eigenvalue weighted by Crippen LogP contribution is 2.43. The van der Waals surface area contributed by atoms with Gasteiger partial charge in [0, 0.05) is 13.3 Å². The molecule has 0 bridgehead atoms. The third-order valence-electron chi connectivity index (χ3n) is 6.67. The quantitative estimate of drug-likeness (QED) is 0.0323. The summed E-state index contributed by atoms with van der Waals surface area (Å²) in [5, 5.41) is 18.0. The van der Waals surface area contributed by atoms with Gasteiger partial charge in [0.2, 0.25) is 0 Å². The molecule has 11 heteroatoms. The van der Waals surface area contributed by atoms with E-state index in [2.05, 4.69) is 35.8 Å². The van der Waals surface area contributed by atoms with Gasteiger partial charge in [-0.05, 0) is 38.5 Å². The number of carbonyl (C=O) groups excluding carboxylic acids is 2. The number of phosphoric acid groups is 1. The largest absolute Gasteiger partial charge is 0.472 e. The number of hydrogen-bond donors (Lipinski definition) is 3. The SMILES string of the molecule is CCCCCCC/C=C\C/C=C\CCCCCCCCCCCC(=O)OC(COC(C)=O)COP(=O)(O)OCC(O)CO. The Hall–Kier alpha value is -1.55. The molecule has 0 spiro atoms. The van der Waals surface area contributed by atoms with Crippen LogP contribution >= 0.6 is 7.82 Å². The van der Waals surface area contributed by atoms with Crippen molar-refractivity contribution in [3.8, 4) is 0 Å². The van der Waals surface area contributed by atoms with Crippen molar-refractivity contribution in [3.63, 3.8) is 0 Å². The third kappa shape index (κ3) is 30.3. The Bertz CT molecular complexity index is 786. The molecule has 3 N–H and O–H groups in total. The Balaban J connectivity index is 3.85. The number of rotatable bonds is 30. The Morgan fingerprint density at radius 1 is 0.744 bits per heavy atom. The number of aliphatic hydroxyl groups is 2. The Kier molecular flexibility index (Phi) is 28.1. The summed E-state index contributed by atoms with van der Waals surface area (Å²) in [6, 6.07) is 0. The number of aliphatic hydroxyl groups excluding tert-OH is 2. The summed E-state index contributed by atoms with van der Waals surface area (Å²) in [6.07, 6.45) is 26.8. The lowest BCUT2D eigenvalue weighted by molar-refractivity contribution is -0.160. The van der Waals surface area contributed by atoms with Gasteiger partial charge in [-0.2, -0.15) is 0 Å². The van der Waals surface area contributed by atoms with Gasteiger partial charge in [-0.1, -0.05) is 102 Å². The van der Waals surface area contributed by atoms with E-state index in [0.717, 1.165) is 32.1 Å². The molecule has 43 heavy (non-hydrogen) atoms. The molecule has 0 saturated heterocycles. The summed E-state index contributed by atoms with van der Waals surface area (Å²) in [6.45, 7) is 1.28. The fourth-order valence-corrected chi connectivity index (χ4v) is 4.95. The lowest BCUT2D eigenvalue weighted by Crippen LogP contribution is -2.29. The van der Waals surface area contributed by atoms with Crippen LogP contribution in [0, 0.1) is 0 Å². The van der Waals surface area contributed by atoms with Crippen molar-refractivity contribution in [2.45, 2.75) is 142 Å². The van der Waals surface area contributed by atoms with Gasteiger partial charge in [-0.3, -0.25) is 18.6 Å². The average molecular weight is 635 g/mol. The molecular weight excluding hydrogens is 575 g/mol. The first-order valence-electron chi connectivity index (χ1n) is 16.2. The van der Waals surface area contributed by atoms with Crippen molar-refractivity contribution in [3.05, 3.63) is 24.3 Å². The maximum Gasteiger partial charge on any atom is 0.472 e. The van der Waals surface area contributed by atoms with Crippen molar-refractivity contribution in [1.82, 2.24) is 0 Å². The van der Waals surface area contributed by atoms with E-state index in [1.165, 1.54) is 77.6 Å². The van der Waals surface area contributed by atoms with Crippen molar-refractivity contribution in [2.75, 3.05) is 26.4 Å². The smallest absolute Gasteiger partial charge is 0.462 e. The molecule has 10 nitrogen and oxygen atoms in total. The standard InChI is InChI=1S/C32H59O10P/c1-3-4-5-6-7-8-9-10-11-12-13-14-15-16-17-18-19-20-21-22-23-24-32(36)42-31(27-39-29(2)34)28-41-43(37,38)40-26-30(35)25-33/h9-10,12-13,30-31,33,35H,3-8,11,14-28H2,1-2H3,(H,37,38)/b10-9-,13-12-. The molecule has 0 aromatic carbocycles. The van der Waals surface area contributed by atoms with Gasteiger partial charge in [0.1, 0.15) is 12.7 Å². The highest BCUT2D eigenvalue weighted by molar-refractivity contribution is 7.47. The van der Waals surface area contributed by atoms with Crippen LogP contribution < -0.4 is 0 Å². The third-order valence-corrected chi connectivity index (χ3v) is 7.62. The number of phosphoric ester groups is 1. The fourth-order valence-electron chi connectivity index (χ4n) is 4.16. The van der Waals surface area contributed by atoms with Crippen LogP contribution in [0.4, 0.5) is 0 Å². The van der Waals surface area contributed by atoms with E-state index >= 15 is 0 Å². The first kappa shape index (κ1) is 41.4. The normalized spacial score (nSPS) is 14.6. The number of allylic oxidation sites excluding steroid dienone is 4. The van der Waals surface area contributed by atoms with Crippen molar-refractivity contribution in [1.29, 1.82) is 0 Å². The Labute approximate surface area is 259 Å². The molecule has 0 heterocycles. The first-order valence-corrected chi connectivity index (χ1v) is 17.7. The van der Waals surface area contributed by atoms with Gasteiger partial charge in [0.05, 0.1) is 19.8 Å². The summed E-state index contributed by atoms with van der Waals surface area (Å²) in [5.41, 5.74) is 0. The van der Waals surface area contributed by atoms with Crippen LogP contribution in [0.25, 0.3) is 0 Å². The lowest BCUT2D eigenvalue weighted by atomic mass is 10.1. The van der Waals surface area contributed by atoms with E-state index in [0.29, 0.717) is 6.42 Å². The van der Waals surface area contributed by atoms with Gasteiger partial charge in [0.25, 0.3) is 0 Å². The zero-order valence-corrected chi connectivity index (χ0v) is 27.6. The molecule has 0 aliphatic heterocycles.